The van der Waals surface area contributed by atoms with Gasteiger partial charge in [-0.15, -0.1) is 11.8 Å². The third-order valence-electron chi connectivity index (χ3n) is 2.68. The highest BCUT2D eigenvalue weighted by Gasteiger charge is 2.22. The molecule has 0 radical (unpaired) electrons. The molecule has 2 nitrogen and oxygen atoms in total. The summed E-state index contributed by atoms with van der Waals surface area (Å²) in [7, 11) is 0. The molecule has 0 saturated carbocycles. The Morgan fingerprint density at radius 3 is 2.83 bits per heavy atom. The predicted molar refractivity (Wildman–Crippen MR) is 71.9 cm³/mol. The van der Waals surface area contributed by atoms with Gasteiger partial charge < -0.3 is 0 Å². The van der Waals surface area contributed by atoms with Gasteiger partial charge in [-0.2, -0.15) is 0 Å². The lowest BCUT2D eigenvalue weighted by Crippen LogP contribution is -1.97. The summed E-state index contributed by atoms with van der Waals surface area (Å²) in [6.45, 7) is 0. The summed E-state index contributed by atoms with van der Waals surface area (Å²) in [5.74, 6) is 0.527. The number of aromatic nitrogens is 2. The first-order chi connectivity index (χ1) is 8.65. The molecule has 0 bridgehead atoms. The number of thioether (sulfide) groups is 1. The van der Waals surface area contributed by atoms with Crippen LogP contribution in [0, 0.1) is 5.82 Å². The van der Waals surface area contributed by atoms with E-state index in [1.54, 1.807) is 23.9 Å². The van der Waals surface area contributed by atoms with Crippen molar-refractivity contribution < 1.29 is 4.39 Å². The molecule has 18 heavy (non-hydrogen) atoms. The Labute approximate surface area is 118 Å². The maximum absolute atomic E-state index is 13.9. The van der Waals surface area contributed by atoms with Crippen molar-refractivity contribution in [2.45, 2.75) is 11.3 Å². The van der Waals surface area contributed by atoms with Crippen LogP contribution in [0.25, 0.3) is 11.3 Å². The lowest BCUT2D eigenvalue weighted by molar-refractivity contribution is 0.630. The van der Waals surface area contributed by atoms with Crippen LogP contribution in [0.1, 0.15) is 5.69 Å². The second-order valence-electron chi connectivity index (χ2n) is 3.84. The highest BCUT2D eigenvalue weighted by molar-refractivity contribution is 7.99. The molecule has 6 heteroatoms. The highest BCUT2D eigenvalue weighted by atomic mass is 35.5. The fraction of sp³-hybridized carbons (Fsp3) is 0.167. The monoisotopic (exact) mass is 300 g/mol. The average Bonchev–Trinajstić information content (AvgIpc) is 2.76. The van der Waals surface area contributed by atoms with Gasteiger partial charge in [-0.3, -0.25) is 0 Å². The standard InChI is InChI=1S/C12H7Cl2FN2S/c13-6-1-2-7(8(15)5-6)10-11-9(3-4-18-11)16-12(14)17-10/h1-2,5H,3-4H2. The minimum Gasteiger partial charge on any atom is -0.222 e. The van der Waals surface area contributed by atoms with Gasteiger partial charge in [0.15, 0.2) is 0 Å². The molecular weight excluding hydrogens is 294 g/mol. The van der Waals surface area contributed by atoms with Crippen molar-refractivity contribution in [2.75, 3.05) is 5.75 Å². The van der Waals surface area contributed by atoms with Crippen molar-refractivity contribution in [3.05, 3.63) is 40.0 Å². The van der Waals surface area contributed by atoms with Gasteiger partial charge in [-0.05, 0) is 29.8 Å². The molecule has 0 spiro atoms. The quantitative estimate of drug-likeness (QED) is 0.737. The van der Waals surface area contributed by atoms with E-state index < -0.39 is 5.82 Å². The Balaban J connectivity index is 2.23. The minimum atomic E-state index is -0.396. The van der Waals surface area contributed by atoms with Gasteiger partial charge in [0.2, 0.25) is 5.28 Å². The van der Waals surface area contributed by atoms with Crippen molar-refractivity contribution in [1.82, 2.24) is 9.97 Å². The van der Waals surface area contributed by atoms with Crippen molar-refractivity contribution >= 4 is 35.0 Å². The van der Waals surface area contributed by atoms with Gasteiger partial charge in [0.25, 0.3) is 0 Å². The van der Waals surface area contributed by atoms with E-state index in [9.17, 15) is 4.39 Å². The van der Waals surface area contributed by atoms with Gasteiger partial charge in [-0.25, -0.2) is 14.4 Å². The number of hydrogen-bond acceptors (Lipinski definition) is 3. The lowest BCUT2D eigenvalue weighted by Gasteiger charge is -2.08. The number of benzene rings is 1. The fourth-order valence-corrected chi connectivity index (χ4v) is 3.35. The summed E-state index contributed by atoms with van der Waals surface area (Å²) < 4.78 is 13.9. The van der Waals surface area contributed by atoms with Crippen LogP contribution in [-0.4, -0.2) is 15.7 Å². The maximum atomic E-state index is 13.9. The molecule has 0 fully saturated rings. The zero-order chi connectivity index (χ0) is 12.7. The van der Waals surface area contributed by atoms with Crippen molar-refractivity contribution in [3.63, 3.8) is 0 Å². The molecule has 1 aliphatic rings. The Morgan fingerprint density at radius 2 is 2.06 bits per heavy atom. The third-order valence-corrected chi connectivity index (χ3v) is 4.21. The van der Waals surface area contributed by atoms with E-state index in [1.807, 2.05) is 0 Å². The largest absolute Gasteiger partial charge is 0.223 e. The van der Waals surface area contributed by atoms with Crippen LogP contribution >= 0.6 is 35.0 Å². The molecule has 0 atom stereocenters. The molecule has 0 amide bonds. The molecule has 1 aromatic heterocycles. The fourth-order valence-electron chi connectivity index (χ4n) is 1.90. The van der Waals surface area contributed by atoms with E-state index in [1.165, 1.54) is 6.07 Å². The van der Waals surface area contributed by atoms with E-state index in [0.29, 0.717) is 16.3 Å². The van der Waals surface area contributed by atoms with E-state index in [4.69, 9.17) is 23.2 Å². The van der Waals surface area contributed by atoms with Gasteiger partial charge in [-0.1, -0.05) is 11.6 Å². The summed E-state index contributed by atoms with van der Waals surface area (Å²) in [6, 6.07) is 4.54. The molecule has 0 aliphatic carbocycles. The van der Waals surface area contributed by atoms with Crippen molar-refractivity contribution in [2.24, 2.45) is 0 Å². The summed E-state index contributed by atoms with van der Waals surface area (Å²) in [5, 5.41) is 0.515. The summed E-state index contributed by atoms with van der Waals surface area (Å²) in [5.41, 5.74) is 1.86. The zero-order valence-corrected chi connectivity index (χ0v) is 11.4. The normalized spacial score (nSPS) is 13.7. The summed E-state index contributed by atoms with van der Waals surface area (Å²) >= 11 is 13.3. The minimum absolute atomic E-state index is 0.153. The molecule has 1 aromatic carbocycles. The number of hydrogen-bond donors (Lipinski definition) is 0. The second kappa shape index (κ2) is 4.68. The molecular formula is C12H7Cl2FN2S. The van der Waals surface area contributed by atoms with Gasteiger partial charge in [0.1, 0.15) is 5.82 Å². The van der Waals surface area contributed by atoms with Crippen LogP contribution in [0.5, 0.6) is 0 Å². The van der Waals surface area contributed by atoms with Gasteiger partial charge in [0.05, 0.1) is 16.3 Å². The van der Waals surface area contributed by atoms with E-state index in [-0.39, 0.29) is 5.28 Å². The first kappa shape index (κ1) is 12.2. The van der Waals surface area contributed by atoms with Crippen LogP contribution < -0.4 is 0 Å². The topological polar surface area (TPSA) is 25.8 Å². The van der Waals surface area contributed by atoms with Crippen LogP contribution in [0.3, 0.4) is 0 Å². The Hall–Kier alpha value is -0.840. The van der Waals surface area contributed by atoms with Crippen LogP contribution in [-0.2, 0) is 6.42 Å². The molecule has 2 heterocycles. The third kappa shape index (κ3) is 2.09. The van der Waals surface area contributed by atoms with Crippen LogP contribution in [0.15, 0.2) is 23.1 Å². The van der Waals surface area contributed by atoms with E-state index in [0.717, 1.165) is 22.8 Å². The second-order valence-corrected chi connectivity index (χ2v) is 5.72. The van der Waals surface area contributed by atoms with Crippen molar-refractivity contribution in [3.8, 4) is 11.3 Å². The lowest BCUT2D eigenvalue weighted by atomic mass is 10.1. The molecule has 92 valence electrons. The van der Waals surface area contributed by atoms with Crippen molar-refractivity contribution in [1.29, 1.82) is 0 Å². The van der Waals surface area contributed by atoms with Crippen LogP contribution in [0.4, 0.5) is 4.39 Å². The number of fused-ring (bicyclic) bond motifs is 1. The van der Waals surface area contributed by atoms with Gasteiger partial charge in [0, 0.05) is 22.8 Å². The number of aryl methyl sites for hydroxylation is 1. The molecule has 0 saturated heterocycles. The van der Waals surface area contributed by atoms with E-state index >= 15 is 0 Å². The zero-order valence-electron chi connectivity index (χ0n) is 9.08. The summed E-state index contributed by atoms with van der Waals surface area (Å²) in [6.07, 6.45) is 0.838. The van der Waals surface area contributed by atoms with E-state index in [2.05, 4.69) is 9.97 Å². The number of nitrogens with zero attached hydrogens (tertiary/aromatic N) is 2. The average molecular weight is 301 g/mol. The van der Waals surface area contributed by atoms with Crippen LogP contribution in [0.2, 0.25) is 10.3 Å². The number of halogens is 3. The smallest absolute Gasteiger partial charge is 0.222 e. The predicted octanol–water partition coefficient (Wildman–Crippen LogP) is 4.24. The first-order valence-corrected chi connectivity index (χ1v) is 7.04. The molecule has 1 aliphatic heterocycles. The molecule has 0 unspecified atom stereocenters. The Bertz CT molecular complexity index is 634. The maximum Gasteiger partial charge on any atom is 0.223 e. The van der Waals surface area contributed by atoms with Gasteiger partial charge >= 0.3 is 0 Å². The first-order valence-electron chi connectivity index (χ1n) is 5.30. The molecule has 2 aromatic rings. The highest BCUT2D eigenvalue weighted by Crippen LogP contribution is 2.39. The molecule has 3 rings (SSSR count). The Morgan fingerprint density at radius 1 is 1.22 bits per heavy atom. The SMILES string of the molecule is Fc1cc(Cl)ccc1-c1nc(Cl)nc2c1SCC2. The molecule has 0 N–H and O–H groups in total. The number of rotatable bonds is 1. The summed E-state index contributed by atoms with van der Waals surface area (Å²) in [4.78, 5) is 9.25. The Kier molecular flexibility index (Phi) is 3.18.